The van der Waals surface area contributed by atoms with Crippen LogP contribution in [0.25, 0.3) is 43.6 Å². The maximum absolute atomic E-state index is 4.01. The Hall–Kier alpha value is -2.94. The van der Waals surface area contributed by atoms with E-state index in [4.69, 9.17) is 0 Å². The standard InChI is InChI=1S/C52H54Br4N2Si/c1-49(2,3)31-13-17-45-41(21-31)42-22-32(50(4,5)6)14-18-46(42)57(45)59(39-27-35(53)25-36(54)28-39,40-29-37(55)26-38(56)30-40)58-47-19-15-33(51(7,8)9)23-43(47)44-24-34(52(10,11)12)16-20-48(44)58/h13-30H,1-12H3. The molecular weight excluding hydrogens is 1000 g/mol. The summed E-state index contributed by atoms with van der Waals surface area (Å²) in [5.74, 6) is 0. The first-order chi connectivity index (χ1) is 27.4. The van der Waals surface area contributed by atoms with Crippen LogP contribution in [-0.4, -0.2) is 16.9 Å². The van der Waals surface area contributed by atoms with E-state index in [0.29, 0.717) is 0 Å². The summed E-state index contributed by atoms with van der Waals surface area (Å²) in [4.78, 5) is 0. The second-order valence-electron chi connectivity index (χ2n) is 20.6. The third-order valence-electron chi connectivity index (χ3n) is 12.2. The maximum Gasteiger partial charge on any atom is 0.340 e. The Kier molecular flexibility index (Phi) is 10.6. The zero-order valence-electron chi connectivity index (χ0n) is 36.3. The molecule has 8 rings (SSSR count). The van der Waals surface area contributed by atoms with Gasteiger partial charge in [-0.2, -0.15) is 0 Å². The van der Waals surface area contributed by atoms with Crippen LogP contribution in [0.15, 0.2) is 127 Å². The zero-order chi connectivity index (χ0) is 42.8. The molecule has 2 aromatic heterocycles. The number of fused-ring (bicyclic) bond motifs is 6. The van der Waals surface area contributed by atoms with Crippen LogP contribution in [0.4, 0.5) is 0 Å². The molecule has 6 aromatic carbocycles. The number of nitrogens with zero attached hydrogens (tertiary/aromatic N) is 2. The van der Waals surface area contributed by atoms with Crippen LogP contribution in [0, 0.1) is 0 Å². The molecule has 0 aliphatic carbocycles. The van der Waals surface area contributed by atoms with Crippen LogP contribution in [0.3, 0.4) is 0 Å². The van der Waals surface area contributed by atoms with E-state index in [-0.39, 0.29) is 21.7 Å². The monoisotopic (exact) mass is 1050 g/mol. The molecule has 2 heterocycles. The van der Waals surface area contributed by atoms with Gasteiger partial charge in [0.25, 0.3) is 0 Å². The highest BCUT2D eigenvalue weighted by molar-refractivity contribution is 9.11. The van der Waals surface area contributed by atoms with E-state index in [2.05, 4.69) is 264 Å². The predicted molar refractivity (Wildman–Crippen MR) is 273 cm³/mol. The van der Waals surface area contributed by atoms with E-state index in [1.165, 1.54) is 76.2 Å². The van der Waals surface area contributed by atoms with Gasteiger partial charge < -0.3 is 8.47 Å². The van der Waals surface area contributed by atoms with Crippen molar-refractivity contribution < 1.29 is 0 Å². The Labute approximate surface area is 385 Å². The van der Waals surface area contributed by atoms with Gasteiger partial charge in [0, 0.05) is 61.5 Å². The molecule has 0 radical (unpaired) electrons. The third-order valence-corrected chi connectivity index (χ3v) is 18.4. The Balaban J connectivity index is 1.72. The van der Waals surface area contributed by atoms with Crippen molar-refractivity contribution in [2.24, 2.45) is 0 Å². The molecule has 0 spiro atoms. The molecule has 304 valence electrons. The van der Waals surface area contributed by atoms with E-state index in [9.17, 15) is 0 Å². The minimum absolute atomic E-state index is 0.0224. The lowest BCUT2D eigenvalue weighted by atomic mass is 9.85. The largest absolute Gasteiger partial charge is 0.342 e. The first-order valence-electron chi connectivity index (χ1n) is 20.5. The zero-order valence-corrected chi connectivity index (χ0v) is 43.6. The van der Waals surface area contributed by atoms with Gasteiger partial charge in [0.2, 0.25) is 0 Å². The second kappa shape index (κ2) is 14.6. The van der Waals surface area contributed by atoms with E-state index < -0.39 is 8.40 Å². The van der Waals surface area contributed by atoms with Crippen molar-refractivity contribution in [2.75, 3.05) is 0 Å². The Bertz CT molecular complexity index is 2590. The molecule has 8 aromatic rings. The molecule has 0 saturated carbocycles. The summed E-state index contributed by atoms with van der Waals surface area (Å²) < 4.78 is 9.70. The summed E-state index contributed by atoms with van der Waals surface area (Å²) >= 11 is 16.1. The number of rotatable bonds is 4. The van der Waals surface area contributed by atoms with Gasteiger partial charge in [0.1, 0.15) is 0 Å². The molecule has 0 bridgehead atoms. The minimum Gasteiger partial charge on any atom is -0.342 e. The second-order valence-corrected chi connectivity index (χ2v) is 27.6. The topological polar surface area (TPSA) is 9.86 Å². The molecule has 0 unspecified atom stereocenters. The van der Waals surface area contributed by atoms with E-state index in [1.807, 2.05) is 0 Å². The summed E-state index contributed by atoms with van der Waals surface area (Å²) in [5.41, 5.74) is 10.1. The summed E-state index contributed by atoms with van der Waals surface area (Å²) in [6, 6.07) is 42.9. The lowest BCUT2D eigenvalue weighted by Gasteiger charge is -2.38. The van der Waals surface area contributed by atoms with Crippen molar-refractivity contribution in [3.8, 4) is 0 Å². The fourth-order valence-corrected chi connectivity index (χ4v) is 17.5. The third kappa shape index (κ3) is 7.37. The number of hydrogen-bond donors (Lipinski definition) is 0. The number of benzene rings is 6. The summed E-state index contributed by atoms with van der Waals surface area (Å²) in [6.07, 6.45) is 0. The smallest absolute Gasteiger partial charge is 0.340 e. The first kappa shape index (κ1) is 42.7. The normalized spacial score (nSPS) is 13.4. The molecular formula is C52H54Br4N2Si. The highest BCUT2D eigenvalue weighted by atomic mass is 79.9. The SMILES string of the molecule is CC(C)(C)c1ccc2c(c1)c1cc(C(C)(C)C)ccc1n2[Si](c1cc(Br)cc(Br)c1)(c1cc(Br)cc(Br)c1)n1c2ccc(C(C)(C)C)cc2c2cc(C(C)(C)C)ccc21. The Morgan fingerprint density at radius 2 is 0.542 bits per heavy atom. The van der Waals surface area contributed by atoms with Crippen LogP contribution >= 0.6 is 63.7 Å². The van der Waals surface area contributed by atoms with Gasteiger partial charge >= 0.3 is 8.40 Å². The quantitative estimate of drug-likeness (QED) is 0.156. The fourth-order valence-electron chi connectivity index (χ4n) is 8.90. The minimum atomic E-state index is -3.52. The molecule has 59 heavy (non-hydrogen) atoms. The van der Waals surface area contributed by atoms with E-state index in [1.54, 1.807) is 0 Å². The van der Waals surface area contributed by atoms with Gasteiger partial charge in [0.05, 0.1) is 0 Å². The van der Waals surface area contributed by atoms with Crippen molar-refractivity contribution in [3.63, 3.8) is 0 Å². The molecule has 0 aliphatic rings. The summed E-state index contributed by atoms with van der Waals surface area (Å²) in [6.45, 7) is 27.8. The number of aromatic nitrogens is 2. The lowest BCUT2D eigenvalue weighted by molar-refractivity contribution is 0.590. The Morgan fingerprint density at radius 3 is 0.746 bits per heavy atom. The lowest BCUT2D eigenvalue weighted by Crippen LogP contribution is -2.69. The van der Waals surface area contributed by atoms with Crippen molar-refractivity contribution in [1.82, 2.24) is 8.47 Å². The molecule has 0 atom stereocenters. The van der Waals surface area contributed by atoms with Gasteiger partial charge in [-0.1, -0.05) is 171 Å². The number of halogens is 4. The summed E-state index contributed by atoms with van der Waals surface area (Å²) in [5, 5.41) is 7.63. The van der Waals surface area contributed by atoms with Gasteiger partial charge in [-0.15, -0.1) is 0 Å². The van der Waals surface area contributed by atoms with Gasteiger partial charge in [-0.25, -0.2) is 0 Å². The Morgan fingerprint density at radius 1 is 0.322 bits per heavy atom. The van der Waals surface area contributed by atoms with Crippen LogP contribution in [0.5, 0.6) is 0 Å². The molecule has 0 saturated heterocycles. The maximum atomic E-state index is 4.01. The van der Waals surface area contributed by atoms with Gasteiger partial charge in [0.15, 0.2) is 0 Å². The van der Waals surface area contributed by atoms with Crippen molar-refractivity contribution >= 4 is 126 Å². The van der Waals surface area contributed by atoms with Crippen molar-refractivity contribution in [3.05, 3.63) is 149 Å². The molecule has 2 nitrogen and oxygen atoms in total. The van der Waals surface area contributed by atoms with E-state index >= 15 is 0 Å². The van der Waals surface area contributed by atoms with Crippen LogP contribution in [0.2, 0.25) is 0 Å². The van der Waals surface area contributed by atoms with Crippen molar-refractivity contribution in [1.29, 1.82) is 0 Å². The highest BCUT2D eigenvalue weighted by Crippen LogP contribution is 2.43. The van der Waals surface area contributed by atoms with Gasteiger partial charge in [-0.05, 0) is 139 Å². The molecule has 0 aliphatic heterocycles. The fraction of sp³-hybridized carbons (Fsp3) is 0.308. The van der Waals surface area contributed by atoms with Crippen LogP contribution in [0.1, 0.15) is 105 Å². The highest BCUT2D eigenvalue weighted by Gasteiger charge is 2.48. The van der Waals surface area contributed by atoms with Crippen LogP contribution in [-0.2, 0) is 21.7 Å². The molecule has 7 heteroatoms. The van der Waals surface area contributed by atoms with Gasteiger partial charge in [-0.3, -0.25) is 0 Å². The first-order valence-corrected chi connectivity index (χ1v) is 25.6. The number of hydrogen-bond acceptors (Lipinski definition) is 0. The van der Waals surface area contributed by atoms with E-state index in [0.717, 1.165) is 17.9 Å². The average molecular weight is 1050 g/mol. The molecule has 0 N–H and O–H groups in total. The summed E-state index contributed by atoms with van der Waals surface area (Å²) in [7, 11) is -3.52. The van der Waals surface area contributed by atoms with Crippen molar-refractivity contribution in [2.45, 2.75) is 105 Å². The predicted octanol–water partition coefficient (Wildman–Crippen LogP) is 15.8. The molecule has 0 fully saturated rings. The molecule has 0 amide bonds. The average Bonchev–Trinajstić information content (AvgIpc) is 3.62. The van der Waals surface area contributed by atoms with Crippen LogP contribution < -0.4 is 10.4 Å².